The second-order valence-corrected chi connectivity index (χ2v) is 5.89. The molecule has 1 aromatic heterocycles. The van der Waals surface area contributed by atoms with Crippen LogP contribution in [-0.4, -0.2) is 36.5 Å². The zero-order valence-corrected chi connectivity index (χ0v) is 11.6. The number of benzene rings is 1. The Labute approximate surface area is 123 Å². The maximum absolute atomic E-state index is 12.4. The topological polar surface area (TPSA) is 45.5 Å². The first kappa shape index (κ1) is 12.5. The summed E-state index contributed by atoms with van der Waals surface area (Å²) in [4.78, 5) is 14.8. The summed E-state index contributed by atoms with van der Waals surface area (Å²) in [6.07, 6.45) is 8.18. The van der Waals surface area contributed by atoms with Crippen LogP contribution in [0.3, 0.4) is 0 Å². The second kappa shape index (κ2) is 4.64. The van der Waals surface area contributed by atoms with Crippen LogP contribution in [0.15, 0.2) is 28.9 Å². The van der Waals surface area contributed by atoms with E-state index >= 15 is 0 Å². The van der Waals surface area contributed by atoms with E-state index in [1.165, 1.54) is 13.0 Å². The first-order chi connectivity index (χ1) is 10.2. The third-order valence-electron chi connectivity index (χ3n) is 4.64. The zero-order chi connectivity index (χ0) is 14.4. The number of piperidine rings is 1. The smallest absolute Gasteiger partial charge is 0.251 e. The van der Waals surface area contributed by atoms with Crippen LogP contribution in [-0.2, 0) is 0 Å². The van der Waals surface area contributed by atoms with Gasteiger partial charge in [-0.3, -0.25) is 4.79 Å². The van der Waals surface area contributed by atoms with Gasteiger partial charge in [-0.15, -0.1) is 6.42 Å². The minimum atomic E-state index is -0.0279. The minimum Gasteiger partial charge on any atom is -0.463 e. The van der Waals surface area contributed by atoms with E-state index in [0.717, 1.165) is 18.5 Å². The summed E-state index contributed by atoms with van der Waals surface area (Å²) >= 11 is 0. The highest BCUT2D eigenvalue weighted by Crippen LogP contribution is 2.28. The summed E-state index contributed by atoms with van der Waals surface area (Å²) < 4.78 is 5.37. The van der Waals surface area contributed by atoms with Gasteiger partial charge >= 0.3 is 0 Å². The Morgan fingerprint density at radius 1 is 1.43 bits per heavy atom. The Bertz CT molecular complexity index is 756. The fourth-order valence-corrected chi connectivity index (χ4v) is 3.48. The predicted octanol–water partition coefficient (Wildman–Crippen LogP) is 1.85. The van der Waals surface area contributed by atoms with Crippen LogP contribution < -0.4 is 5.32 Å². The molecule has 1 aromatic carbocycles. The Kier molecular flexibility index (Phi) is 2.76. The minimum absolute atomic E-state index is 0.0279. The summed E-state index contributed by atoms with van der Waals surface area (Å²) in [5, 5.41) is 3.98. The van der Waals surface area contributed by atoms with Gasteiger partial charge in [-0.25, -0.2) is 0 Å². The molecule has 0 spiro atoms. The monoisotopic (exact) mass is 280 g/mol. The molecule has 3 heterocycles. The van der Waals surface area contributed by atoms with Gasteiger partial charge in [0.05, 0.1) is 5.56 Å². The largest absolute Gasteiger partial charge is 0.463 e. The first-order valence-corrected chi connectivity index (χ1v) is 7.25. The fraction of sp³-hybridized carbons (Fsp3) is 0.353. The van der Waals surface area contributed by atoms with Crippen molar-refractivity contribution in [1.29, 1.82) is 0 Å². The van der Waals surface area contributed by atoms with Gasteiger partial charge in [0.2, 0.25) is 0 Å². The van der Waals surface area contributed by atoms with Gasteiger partial charge in [0.1, 0.15) is 11.8 Å². The quantitative estimate of drug-likeness (QED) is 0.854. The molecule has 2 aromatic rings. The van der Waals surface area contributed by atoms with Crippen molar-refractivity contribution < 1.29 is 9.21 Å². The fourth-order valence-electron chi connectivity index (χ4n) is 3.48. The SMILES string of the molecule is C#Cc1coc2ccc(C(=O)NC3CN4CC[C@H]3C4)cc12. The molecule has 1 amide bonds. The Morgan fingerprint density at radius 2 is 2.33 bits per heavy atom. The summed E-state index contributed by atoms with van der Waals surface area (Å²) in [5.41, 5.74) is 2.04. The van der Waals surface area contributed by atoms with E-state index in [1.807, 2.05) is 6.07 Å². The number of furan rings is 1. The molecule has 2 aliphatic heterocycles. The van der Waals surface area contributed by atoms with Crippen molar-refractivity contribution >= 4 is 16.9 Å². The number of hydrogen-bond acceptors (Lipinski definition) is 3. The van der Waals surface area contributed by atoms with E-state index in [-0.39, 0.29) is 11.9 Å². The molecule has 4 heteroatoms. The molecule has 3 atom stereocenters. The molecule has 0 aliphatic carbocycles. The Balaban J connectivity index is 1.58. The van der Waals surface area contributed by atoms with Crippen LogP contribution in [0.25, 0.3) is 11.0 Å². The van der Waals surface area contributed by atoms with Crippen LogP contribution in [0.1, 0.15) is 22.3 Å². The average Bonchev–Trinajstić information content (AvgIpc) is 3.21. The van der Waals surface area contributed by atoms with Crippen LogP contribution in [0.4, 0.5) is 0 Å². The molecule has 2 fully saturated rings. The summed E-state index contributed by atoms with van der Waals surface area (Å²) in [5.74, 6) is 3.16. The van der Waals surface area contributed by atoms with Gasteiger partial charge in [-0.1, -0.05) is 5.92 Å². The van der Waals surface area contributed by atoms with Gasteiger partial charge in [0.25, 0.3) is 5.91 Å². The number of terminal acetylenes is 1. The van der Waals surface area contributed by atoms with Crippen molar-refractivity contribution in [3.05, 3.63) is 35.6 Å². The van der Waals surface area contributed by atoms with Gasteiger partial charge in [0.15, 0.2) is 0 Å². The number of fused-ring (bicyclic) bond motifs is 3. The van der Waals surface area contributed by atoms with Gasteiger partial charge < -0.3 is 14.6 Å². The van der Waals surface area contributed by atoms with E-state index in [2.05, 4.69) is 16.1 Å². The van der Waals surface area contributed by atoms with Crippen molar-refractivity contribution in [2.24, 2.45) is 5.92 Å². The molecular formula is C17H16N2O2. The Hall–Kier alpha value is -2.25. The van der Waals surface area contributed by atoms with Crippen molar-refractivity contribution in [3.8, 4) is 12.3 Å². The third kappa shape index (κ3) is 2.01. The van der Waals surface area contributed by atoms with Crippen LogP contribution in [0, 0.1) is 18.3 Å². The number of nitrogens with one attached hydrogen (secondary N) is 1. The molecule has 2 aliphatic rings. The number of rotatable bonds is 2. The summed E-state index contributed by atoms with van der Waals surface area (Å²) in [7, 11) is 0. The number of carbonyl (C=O) groups excluding carboxylic acids is 1. The van der Waals surface area contributed by atoms with E-state index in [0.29, 0.717) is 22.6 Å². The average molecular weight is 280 g/mol. The maximum Gasteiger partial charge on any atom is 0.251 e. The Morgan fingerprint density at radius 3 is 3.05 bits per heavy atom. The first-order valence-electron chi connectivity index (χ1n) is 7.25. The normalized spacial score (nSPS) is 26.9. The van der Waals surface area contributed by atoms with Gasteiger partial charge in [-0.2, -0.15) is 0 Å². The van der Waals surface area contributed by atoms with Crippen LogP contribution >= 0.6 is 0 Å². The highest BCUT2D eigenvalue weighted by Gasteiger charge is 2.38. The van der Waals surface area contributed by atoms with Crippen molar-refractivity contribution in [2.45, 2.75) is 12.5 Å². The van der Waals surface area contributed by atoms with Crippen LogP contribution in [0.5, 0.6) is 0 Å². The molecule has 2 saturated heterocycles. The van der Waals surface area contributed by atoms with Crippen molar-refractivity contribution in [1.82, 2.24) is 10.2 Å². The lowest BCUT2D eigenvalue weighted by Crippen LogP contribution is -2.43. The van der Waals surface area contributed by atoms with Gasteiger partial charge in [-0.05, 0) is 37.1 Å². The number of nitrogens with zero attached hydrogens (tertiary/aromatic N) is 1. The molecule has 0 saturated carbocycles. The summed E-state index contributed by atoms with van der Waals surface area (Å²) in [6.45, 7) is 3.26. The molecule has 2 unspecified atom stereocenters. The molecule has 106 valence electrons. The van der Waals surface area contributed by atoms with Crippen LogP contribution in [0.2, 0.25) is 0 Å². The highest BCUT2D eigenvalue weighted by atomic mass is 16.3. The lowest BCUT2D eigenvalue weighted by Gasteiger charge is -2.23. The van der Waals surface area contributed by atoms with Crippen molar-refractivity contribution in [2.75, 3.05) is 19.6 Å². The zero-order valence-electron chi connectivity index (χ0n) is 11.6. The lowest BCUT2D eigenvalue weighted by molar-refractivity contribution is 0.0924. The molecule has 0 radical (unpaired) electrons. The standard InChI is InChI=1S/C17H16N2O2/c1-2-11-10-21-16-4-3-12(7-14(11)16)17(20)18-15-9-19-6-5-13(15)8-19/h1,3-4,7,10,13,15H,5-6,8-9H2,(H,18,20)/t13-,15?/m0/s1. The lowest BCUT2D eigenvalue weighted by atomic mass is 9.99. The molecule has 4 rings (SSSR count). The highest BCUT2D eigenvalue weighted by molar-refractivity contribution is 5.99. The predicted molar refractivity (Wildman–Crippen MR) is 80.0 cm³/mol. The summed E-state index contributed by atoms with van der Waals surface area (Å²) in [6, 6.07) is 5.68. The van der Waals surface area contributed by atoms with E-state index in [9.17, 15) is 4.79 Å². The van der Waals surface area contributed by atoms with Crippen molar-refractivity contribution in [3.63, 3.8) is 0 Å². The second-order valence-electron chi connectivity index (χ2n) is 5.89. The van der Waals surface area contributed by atoms with Gasteiger partial charge in [0, 0.05) is 30.1 Å². The van der Waals surface area contributed by atoms with E-state index in [1.54, 1.807) is 18.4 Å². The molecule has 21 heavy (non-hydrogen) atoms. The molecule has 4 nitrogen and oxygen atoms in total. The number of carbonyl (C=O) groups is 1. The molecular weight excluding hydrogens is 264 g/mol. The number of hydrogen-bond donors (Lipinski definition) is 1. The number of amides is 1. The maximum atomic E-state index is 12.4. The molecule has 1 N–H and O–H groups in total. The van der Waals surface area contributed by atoms with E-state index < -0.39 is 0 Å². The molecule has 2 bridgehead atoms. The van der Waals surface area contributed by atoms with E-state index in [4.69, 9.17) is 10.8 Å². The third-order valence-corrected chi connectivity index (χ3v) is 4.64.